The van der Waals surface area contributed by atoms with Crippen LogP contribution in [-0.4, -0.2) is 17.0 Å². The number of anilines is 1. The van der Waals surface area contributed by atoms with Crippen molar-refractivity contribution in [2.75, 3.05) is 11.1 Å². The molecular weight excluding hydrogens is 320 g/mol. The second-order valence-corrected chi connectivity index (χ2v) is 6.23. The van der Waals surface area contributed by atoms with Crippen LogP contribution in [0.1, 0.15) is 19.8 Å². The summed E-state index contributed by atoms with van der Waals surface area (Å²) in [5.74, 6) is 1.14. The summed E-state index contributed by atoms with van der Waals surface area (Å²) in [6, 6.07) is 6.28. The second-order valence-electron chi connectivity index (χ2n) is 3.89. The third-order valence-electron chi connectivity index (χ3n) is 2.63. The Balaban J connectivity index is 2.09. The quantitative estimate of drug-likeness (QED) is 0.842. The second kappa shape index (κ2) is 6.12. The number of nitrogens with one attached hydrogen (secondary N) is 1. The molecule has 1 unspecified atom stereocenters. The Morgan fingerprint density at radius 1 is 1.59 bits per heavy atom. The number of benzene rings is 1. The zero-order chi connectivity index (χ0) is 12.3. The van der Waals surface area contributed by atoms with Crippen molar-refractivity contribution < 1.29 is 0 Å². The number of amidine groups is 1. The summed E-state index contributed by atoms with van der Waals surface area (Å²) in [6.07, 6.45) is 2.28. The SMILES string of the molecule is CCC1CCSC(Nc2ccc(Cl)c(Br)c2)=N1. The highest BCUT2D eigenvalue weighted by molar-refractivity contribution is 9.10. The van der Waals surface area contributed by atoms with Crippen molar-refractivity contribution in [1.82, 2.24) is 0 Å². The predicted octanol–water partition coefficient (Wildman–Crippen LogP) is 4.79. The highest BCUT2D eigenvalue weighted by Crippen LogP contribution is 2.27. The maximum Gasteiger partial charge on any atom is 0.161 e. The van der Waals surface area contributed by atoms with Crippen LogP contribution in [0.25, 0.3) is 0 Å². The van der Waals surface area contributed by atoms with E-state index in [9.17, 15) is 0 Å². The summed E-state index contributed by atoms with van der Waals surface area (Å²) >= 11 is 11.2. The number of hydrogen-bond acceptors (Lipinski definition) is 3. The van der Waals surface area contributed by atoms with Gasteiger partial charge in [0.15, 0.2) is 5.17 Å². The number of halogens is 2. The lowest BCUT2D eigenvalue weighted by molar-refractivity contribution is 0.634. The van der Waals surface area contributed by atoms with Gasteiger partial charge in [0, 0.05) is 15.9 Å². The third kappa shape index (κ3) is 3.63. The minimum absolute atomic E-state index is 0.467. The molecule has 1 atom stereocenters. The molecule has 0 saturated heterocycles. The van der Waals surface area contributed by atoms with E-state index in [0.717, 1.165) is 32.5 Å². The minimum Gasteiger partial charge on any atom is -0.335 e. The first-order valence-corrected chi connectivity index (χ1v) is 7.77. The van der Waals surface area contributed by atoms with E-state index in [0.29, 0.717) is 6.04 Å². The molecule has 5 heteroatoms. The molecule has 92 valence electrons. The zero-order valence-electron chi connectivity index (χ0n) is 9.54. The van der Waals surface area contributed by atoms with E-state index < -0.39 is 0 Å². The van der Waals surface area contributed by atoms with Gasteiger partial charge in [-0.3, -0.25) is 4.99 Å². The fraction of sp³-hybridized carbons (Fsp3) is 0.417. The van der Waals surface area contributed by atoms with Crippen molar-refractivity contribution in [1.29, 1.82) is 0 Å². The molecule has 2 rings (SSSR count). The zero-order valence-corrected chi connectivity index (χ0v) is 12.7. The molecule has 2 nitrogen and oxygen atoms in total. The van der Waals surface area contributed by atoms with Crippen LogP contribution in [0.3, 0.4) is 0 Å². The molecule has 0 amide bonds. The van der Waals surface area contributed by atoms with Gasteiger partial charge >= 0.3 is 0 Å². The molecule has 1 aliphatic rings. The first-order valence-electron chi connectivity index (χ1n) is 5.61. The molecule has 1 aromatic rings. The van der Waals surface area contributed by atoms with Crippen LogP contribution in [0.4, 0.5) is 5.69 Å². The molecule has 0 bridgehead atoms. The topological polar surface area (TPSA) is 24.4 Å². The van der Waals surface area contributed by atoms with Gasteiger partial charge in [-0.2, -0.15) is 0 Å². The van der Waals surface area contributed by atoms with Gasteiger partial charge in [-0.05, 0) is 47.0 Å². The van der Waals surface area contributed by atoms with E-state index >= 15 is 0 Å². The molecule has 0 saturated carbocycles. The van der Waals surface area contributed by atoms with E-state index in [2.05, 4.69) is 33.2 Å². The van der Waals surface area contributed by atoms with Gasteiger partial charge < -0.3 is 5.32 Å². The summed E-state index contributed by atoms with van der Waals surface area (Å²) in [7, 11) is 0. The van der Waals surface area contributed by atoms with Crippen molar-refractivity contribution in [2.24, 2.45) is 4.99 Å². The Morgan fingerprint density at radius 2 is 2.41 bits per heavy atom. The van der Waals surface area contributed by atoms with Crippen LogP contribution in [0.2, 0.25) is 5.02 Å². The number of nitrogens with zero attached hydrogens (tertiary/aromatic N) is 1. The highest BCUT2D eigenvalue weighted by Gasteiger charge is 2.14. The summed E-state index contributed by atoms with van der Waals surface area (Å²) in [5.41, 5.74) is 1.02. The van der Waals surface area contributed by atoms with Gasteiger partial charge in [-0.15, -0.1) is 0 Å². The van der Waals surface area contributed by atoms with Gasteiger partial charge in [0.1, 0.15) is 0 Å². The monoisotopic (exact) mass is 332 g/mol. The molecule has 1 aliphatic heterocycles. The lowest BCUT2D eigenvalue weighted by Gasteiger charge is -2.19. The van der Waals surface area contributed by atoms with Crippen molar-refractivity contribution in [2.45, 2.75) is 25.8 Å². The third-order valence-corrected chi connectivity index (χ3v) is 4.77. The van der Waals surface area contributed by atoms with Gasteiger partial charge in [-0.1, -0.05) is 30.3 Å². The Bertz CT molecular complexity index is 437. The van der Waals surface area contributed by atoms with Crippen LogP contribution in [0.5, 0.6) is 0 Å². The molecular formula is C12H14BrClN2S. The van der Waals surface area contributed by atoms with Gasteiger partial charge in [-0.25, -0.2) is 0 Å². The normalized spacial score (nSPS) is 19.9. The number of thioether (sulfide) groups is 1. The van der Waals surface area contributed by atoms with E-state index in [-0.39, 0.29) is 0 Å². The van der Waals surface area contributed by atoms with Gasteiger partial charge in [0.2, 0.25) is 0 Å². The number of hydrogen-bond donors (Lipinski definition) is 1. The fourth-order valence-electron chi connectivity index (χ4n) is 1.62. The van der Waals surface area contributed by atoms with Crippen LogP contribution < -0.4 is 5.32 Å². The average molecular weight is 334 g/mol. The Kier molecular flexibility index (Phi) is 4.77. The highest BCUT2D eigenvalue weighted by atomic mass is 79.9. The van der Waals surface area contributed by atoms with E-state index in [1.165, 1.54) is 6.42 Å². The standard InChI is InChI=1S/C12H14BrClN2S/c1-2-8-5-6-17-12(15-8)16-9-3-4-11(14)10(13)7-9/h3-4,7-8H,2,5-6H2,1H3,(H,15,16). The van der Waals surface area contributed by atoms with Gasteiger partial charge in [0.25, 0.3) is 0 Å². The van der Waals surface area contributed by atoms with E-state index in [4.69, 9.17) is 11.6 Å². The summed E-state index contributed by atoms with van der Waals surface area (Å²) in [5, 5.41) is 5.07. The number of rotatable bonds is 2. The summed E-state index contributed by atoms with van der Waals surface area (Å²) in [4.78, 5) is 4.67. The van der Waals surface area contributed by atoms with Crippen molar-refractivity contribution >= 4 is 50.1 Å². The van der Waals surface area contributed by atoms with Crippen LogP contribution in [-0.2, 0) is 0 Å². The lowest BCUT2D eigenvalue weighted by Crippen LogP contribution is -2.19. The smallest absolute Gasteiger partial charge is 0.161 e. The molecule has 0 aromatic heterocycles. The van der Waals surface area contributed by atoms with E-state index in [1.54, 1.807) is 11.8 Å². The van der Waals surface area contributed by atoms with E-state index in [1.807, 2.05) is 18.2 Å². The van der Waals surface area contributed by atoms with Crippen LogP contribution >= 0.6 is 39.3 Å². The largest absolute Gasteiger partial charge is 0.335 e. The Hall–Kier alpha value is -0.190. The van der Waals surface area contributed by atoms with Crippen LogP contribution in [0.15, 0.2) is 27.7 Å². The first kappa shape index (κ1) is 13.2. The fourth-order valence-corrected chi connectivity index (χ4v) is 3.11. The van der Waals surface area contributed by atoms with Gasteiger partial charge in [0.05, 0.1) is 11.1 Å². The number of aliphatic imine (C=N–C) groups is 1. The Morgan fingerprint density at radius 3 is 3.12 bits per heavy atom. The van der Waals surface area contributed by atoms with Crippen molar-refractivity contribution in [3.8, 4) is 0 Å². The minimum atomic E-state index is 0.467. The molecule has 17 heavy (non-hydrogen) atoms. The molecule has 0 aliphatic carbocycles. The molecule has 0 fully saturated rings. The predicted molar refractivity (Wildman–Crippen MR) is 81.4 cm³/mol. The van der Waals surface area contributed by atoms with Crippen molar-refractivity contribution in [3.63, 3.8) is 0 Å². The lowest BCUT2D eigenvalue weighted by atomic mass is 10.2. The van der Waals surface area contributed by atoms with Crippen LogP contribution in [0, 0.1) is 0 Å². The molecule has 0 spiro atoms. The molecule has 1 heterocycles. The average Bonchev–Trinajstić information content (AvgIpc) is 2.34. The molecule has 0 radical (unpaired) electrons. The molecule has 1 aromatic carbocycles. The maximum atomic E-state index is 5.96. The first-order chi connectivity index (χ1) is 8.19. The van der Waals surface area contributed by atoms with Crippen molar-refractivity contribution in [3.05, 3.63) is 27.7 Å². The Labute approximate surface area is 119 Å². The summed E-state index contributed by atoms with van der Waals surface area (Å²) < 4.78 is 0.901. The summed E-state index contributed by atoms with van der Waals surface area (Å²) in [6.45, 7) is 2.18. The molecule has 1 N–H and O–H groups in total. The maximum absolute atomic E-state index is 5.96.